The van der Waals surface area contributed by atoms with E-state index in [1.165, 1.54) is 45.6 Å². The Morgan fingerprint density at radius 2 is 1.58 bits per heavy atom. The van der Waals surface area contributed by atoms with Gasteiger partial charge in [-0.05, 0) is 54.1 Å². The molecule has 0 N–H and O–H groups in total. The van der Waals surface area contributed by atoms with Crippen molar-refractivity contribution in [3.8, 4) is 17.2 Å². The van der Waals surface area contributed by atoms with Gasteiger partial charge in [0.15, 0.2) is 16.9 Å². The fourth-order valence-corrected chi connectivity index (χ4v) is 4.62. The van der Waals surface area contributed by atoms with Crippen LogP contribution in [0.15, 0.2) is 63.8 Å². The summed E-state index contributed by atoms with van der Waals surface area (Å²) in [5, 5.41) is -0.125. The summed E-state index contributed by atoms with van der Waals surface area (Å²) >= 11 is 0. The average Bonchev–Trinajstić information content (AvgIpc) is 3.20. The SMILES string of the molecule is COc1cc(C2c3c(oc4ccc(F)cc4c3=O)C(=O)N2c2cccc(C(F)(F)F)c2)cc(OC)c1OC. The second-order valence-corrected chi connectivity index (χ2v) is 8.40. The molecule has 1 unspecified atom stereocenters. The Balaban J connectivity index is 1.84. The van der Waals surface area contributed by atoms with Gasteiger partial charge in [-0.2, -0.15) is 13.2 Å². The number of nitrogens with zero attached hydrogens (tertiary/aromatic N) is 1. The molecule has 7 nitrogen and oxygen atoms in total. The van der Waals surface area contributed by atoms with Gasteiger partial charge in [-0.25, -0.2) is 4.39 Å². The fraction of sp³-hybridized carbons (Fsp3) is 0.185. The third-order valence-corrected chi connectivity index (χ3v) is 6.29. The Bertz CT molecular complexity index is 1620. The number of fused-ring (bicyclic) bond motifs is 2. The minimum absolute atomic E-state index is 0.0435. The largest absolute Gasteiger partial charge is 0.493 e. The number of benzene rings is 3. The number of carbonyl (C=O) groups excluding carboxylic acids is 1. The van der Waals surface area contributed by atoms with Crippen LogP contribution in [0.25, 0.3) is 11.0 Å². The molecule has 11 heteroatoms. The molecule has 1 amide bonds. The first kappa shape index (κ1) is 25.1. The van der Waals surface area contributed by atoms with Gasteiger partial charge in [-0.3, -0.25) is 14.5 Å². The van der Waals surface area contributed by atoms with Gasteiger partial charge in [0.1, 0.15) is 11.4 Å². The zero-order valence-electron chi connectivity index (χ0n) is 20.2. The normalized spacial score (nSPS) is 15.1. The van der Waals surface area contributed by atoms with E-state index in [0.717, 1.165) is 35.2 Å². The van der Waals surface area contributed by atoms with Gasteiger partial charge in [0.25, 0.3) is 5.91 Å². The van der Waals surface area contributed by atoms with Crippen LogP contribution in [-0.4, -0.2) is 27.2 Å². The van der Waals surface area contributed by atoms with E-state index in [1.54, 1.807) is 0 Å². The molecule has 3 aromatic carbocycles. The lowest BCUT2D eigenvalue weighted by Gasteiger charge is -2.27. The number of amides is 1. The summed E-state index contributed by atoms with van der Waals surface area (Å²) < 4.78 is 76.6. The van der Waals surface area contributed by atoms with Crippen molar-refractivity contribution in [1.29, 1.82) is 0 Å². The molecular weight excluding hydrogens is 510 g/mol. The van der Waals surface area contributed by atoms with Gasteiger partial charge in [-0.1, -0.05) is 6.07 Å². The highest BCUT2D eigenvalue weighted by Gasteiger charge is 2.45. The zero-order valence-corrected chi connectivity index (χ0v) is 20.2. The predicted octanol–water partition coefficient (Wildman–Crippen LogP) is 5.73. The molecular formula is C27H19F4NO6. The van der Waals surface area contributed by atoms with Crippen LogP contribution in [0, 0.1) is 5.82 Å². The highest BCUT2D eigenvalue weighted by Crippen LogP contribution is 2.47. The van der Waals surface area contributed by atoms with Gasteiger partial charge in [0.2, 0.25) is 11.5 Å². The second-order valence-electron chi connectivity index (χ2n) is 8.40. The maximum absolute atomic E-state index is 14.0. The second kappa shape index (κ2) is 9.09. The van der Waals surface area contributed by atoms with Crippen LogP contribution in [0.4, 0.5) is 23.2 Å². The van der Waals surface area contributed by atoms with E-state index in [2.05, 4.69) is 0 Å². The monoisotopic (exact) mass is 529 g/mol. The molecule has 1 atom stereocenters. The Morgan fingerprint density at radius 3 is 2.18 bits per heavy atom. The maximum atomic E-state index is 14.0. The van der Waals surface area contributed by atoms with E-state index >= 15 is 0 Å². The molecule has 1 aromatic heterocycles. The topological polar surface area (TPSA) is 78.2 Å². The van der Waals surface area contributed by atoms with Crippen LogP contribution in [0.3, 0.4) is 0 Å². The first-order chi connectivity index (χ1) is 18.1. The number of rotatable bonds is 5. The Labute approximate surface area is 212 Å². The number of methoxy groups -OCH3 is 3. The van der Waals surface area contributed by atoms with Gasteiger partial charge in [-0.15, -0.1) is 0 Å². The number of carbonyl (C=O) groups is 1. The molecule has 0 aliphatic carbocycles. The van der Waals surface area contributed by atoms with Gasteiger partial charge in [0, 0.05) is 5.69 Å². The fourth-order valence-electron chi connectivity index (χ4n) is 4.62. The summed E-state index contributed by atoms with van der Waals surface area (Å²) in [6.07, 6.45) is -4.69. The third kappa shape index (κ3) is 3.90. The Morgan fingerprint density at radius 1 is 0.895 bits per heavy atom. The molecule has 0 bridgehead atoms. The molecule has 1 aliphatic rings. The van der Waals surface area contributed by atoms with Crippen molar-refractivity contribution in [2.75, 3.05) is 26.2 Å². The average molecular weight is 529 g/mol. The van der Waals surface area contributed by atoms with Gasteiger partial charge >= 0.3 is 6.18 Å². The van der Waals surface area contributed by atoms with E-state index < -0.39 is 34.9 Å². The van der Waals surface area contributed by atoms with Crippen LogP contribution < -0.4 is 24.5 Å². The van der Waals surface area contributed by atoms with Crippen molar-refractivity contribution in [3.63, 3.8) is 0 Å². The number of hydrogen-bond acceptors (Lipinski definition) is 6. The van der Waals surface area contributed by atoms with Crippen LogP contribution in [0.1, 0.15) is 33.3 Å². The molecule has 0 saturated carbocycles. The minimum Gasteiger partial charge on any atom is -0.493 e. The maximum Gasteiger partial charge on any atom is 0.416 e. The molecule has 0 saturated heterocycles. The number of alkyl halides is 3. The number of anilines is 1. The van der Waals surface area contributed by atoms with Gasteiger partial charge < -0.3 is 18.6 Å². The van der Waals surface area contributed by atoms with Gasteiger partial charge in [0.05, 0.1) is 43.9 Å². The van der Waals surface area contributed by atoms with Crippen LogP contribution in [0.2, 0.25) is 0 Å². The lowest BCUT2D eigenvalue weighted by Crippen LogP contribution is -2.29. The van der Waals surface area contributed by atoms with Crippen molar-refractivity contribution in [3.05, 3.63) is 93.1 Å². The van der Waals surface area contributed by atoms with Crippen molar-refractivity contribution >= 4 is 22.6 Å². The third-order valence-electron chi connectivity index (χ3n) is 6.29. The van der Waals surface area contributed by atoms with E-state index in [4.69, 9.17) is 18.6 Å². The molecule has 1 aliphatic heterocycles. The van der Waals surface area contributed by atoms with Crippen LogP contribution in [0.5, 0.6) is 17.2 Å². The molecule has 2 heterocycles. The summed E-state index contributed by atoms with van der Waals surface area (Å²) in [6, 6.07) is 9.08. The quantitative estimate of drug-likeness (QED) is 0.308. The first-order valence-corrected chi connectivity index (χ1v) is 11.2. The summed E-state index contributed by atoms with van der Waals surface area (Å²) in [5.74, 6) is -1.33. The molecule has 5 rings (SSSR count). The summed E-state index contributed by atoms with van der Waals surface area (Å²) in [6.45, 7) is 0. The van der Waals surface area contributed by atoms with Crippen molar-refractivity contribution in [1.82, 2.24) is 0 Å². The number of hydrogen-bond donors (Lipinski definition) is 0. The van der Waals surface area contributed by atoms with Crippen molar-refractivity contribution in [2.45, 2.75) is 12.2 Å². The highest BCUT2D eigenvalue weighted by molar-refractivity contribution is 6.10. The van der Waals surface area contributed by atoms with Crippen molar-refractivity contribution < 1.29 is 41.0 Å². The standard InChI is InChI=1S/C27H19F4NO6/c1-35-19-9-13(10-20(36-2)24(19)37-3)22-21-23(33)17-12-15(28)7-8-18(17)38-25(21)26(34)32(22)16-6-4-5-14(11-16)27(29,30)31/h4-12,22H,1-3H3. The number of ether oxygens (including phenoxy) is 3. The van der Waals surface area contributed by atoms with E-state index in [-0.39, 0.29) is 50.8 Å². The lowest BCUT2D eigenvalue weighted by molar-refractivity contribution is -0.137. The summed E-state index contributed by atoms with van der Waals surface area (Å²) in [7, 11) is 4.12. The predicted molar refractivity (Wildman–Crippen MR) is 129 cm³/mol. The minimum atomic E-state index is -4.69. The van der Waals surface area contributed by atoms with Crippen molar-refractivity contribution in [2.24, 2.45) is 0 Å². The summed E-state index contributed by atoms with van der Waals surface area (Å²) in [5.41, 5.74) is -1.79. The molecule has 0 fully saturated rings. The first-order valence-electron chi connectivity index (χ1n) is 11.2. The smallest absolute Gasteiger partial charge is 0.416 e. The molecule has 196 valence electrons. The summed E-state index contributed by atoms with van der Waals surface area (Å²) in [4.78, 5) is 28.4. The Hall–Kier alpha value is -4.54. The Kier molecular flexibility index (Phi) is 6.01. The lowest BCUT2D eigenvalue weighted by atomic mass is 9.97. The highest BCUT2D eigenvalue weighted by atomic mass is 19.4. The molecule has 0 spiro atoms. The van der Waals surface area contributed by atoms with E-state index in [0.29, 0.717) is 0 Å². The zero-order chi connectivity index (χ0) is 27.4. The van der Waals surface area contributed by atoms with E-state index in [1.807, 2.05) is 0 Å². The number of halogens is 4. The molecule has 0 radical (unpaired) electrons. The molecule has 38 heavy (non-hydrogen) atoms. The van der Waals surface area contributed by atoms with Crippen LogP contribution in [-0.2, 0) is 6.18 Å². The van der Waals surface area contributed by atoms with Crippen LogP contribution >= 0.6 is 0 Å². The van der Waals surface area contributed by atoms with E-state index in [9.17, 15) is 27.2 Å². The molecule has 4 aromatic rings.